The molecule has 0 fully saturated rings. The highest BCUT2D eigenvalue weighted by molar-refractivity contribution is 7.93. The fraction of sp³-hybridized carbons (Fsp3) is 0.143. The quantitative estimate of drug-likeness (QED) is 0.647. The standard InChI is InChI=1S/C21H19FN2O4S2/c22-17-8-11-19(12-9-17)29(25,26)23-18-10-13-21-16(15-18)5-4-14-24(21)30(27,28)20-6-2-1-3-7-20/h1-3,6-13,15,23H,4-5,14H2. The number of hydrogen-bond donors (Lipinski definition) is 1. The van der Waals surface area contributed by atoms with Gasteiger partial charge in [-0.2, -0.15) is 0 Å². The van der Waals surface area contributed by atoms with Crippen molar-refractivity contribution in [1.82, 2.24) is 0 Å². The first-order chi connectivity index (χ1) is 14.3. The first-order valence-corrected chi connectivity index (χ1v) is 12.2. The van der Waals surface area contributed by atoms with E-state index in [0.29, 0.717) is 30.8 Å². The first kappa shape index (κ1) is 20.4. The number of aryl methyl sites for hydroxylation is 1. The van der Waals surface area contributed by atoms with Gasteiger partial charge in [0.05, 0.1) is 15.5 Å². The Hall–Kier alpha value is -2.91. The SMILES string of the molecule is O=S(=O)(Nc1ccc2c(c1)CCCN2S(=O)(=O)c1ccccc1)c1ccc(F)cc1. The fourth-order valence-corrected chi connectivity index (χ4v) is 6.03. The summed E-state index contributed by atoms with van der Waals surface area (Å²) in [5.41, 5.74) is 1.59. The van der Waals surface area contributed by atoms with Crippen molar-refractivity contribution < 1.29 is 21.2 Å². The van der Waals surface area contributed by atoms with Crippen LogP contribution in [0.5, 0.6) is 0 Å². The van der Waals surface area contributed by atoms with Crippen LogP contribution in [-0.4, -0.2) is 23.4 Å². The minimum atomic E-state index is -3.89. The van der Waals surface area contributed by atoms with E-state index in [0.717, 1.165) is 17.7 Å². The predicted molar refractivity (Wildman–Crippen MR) is 113 cm³/mol. The van der Waals surface area contributed by atoms with E-state index in [-0.39, 0.29) is 9.79 Å². The number of halogens is 1. The maximum Gasteiger partial charge on any atom is 0.264 e. The molecule has 0 saturated carbocycles. The molecule has 0 unspecified atom stereocenters. The van der Waals surface area contributed by atoms with Crippen LogP contribution in [-0.2, 0) is 26.5 Å². The Morgan fingerprint density at radius 2 is 1.53 bits per heavy atom. The minimum absolute atomic E-state index is 0.0603. The highest BCUT2D eigenvalue weighted by Gasteiger charge is 2.29. The van der Waals surface area contributed by atoms with Gasteiger partial charge in [0, 0.05) is 12.2 Å². The molecule has 6 nitrogen and oxygen atoms in total. The average Bonchev–Trinajstić information content (AvgIpc) is 2.74. The summed E-state index contributed by atoms with van der Waals surface area (Å²) in [6.07, 6.45) is 1.25. The molecular formula is C21H19FN2O4S2. The number of nitrogens with one attached hydrogen (secondary N) is 1. The smallest absolute Gasteiger partial charge is 0.264 e. The number of fused-ring (bicyclic) bond motifs is 1. The molecule has 0 bridgehead atoms. The third kappa shape index (κ3) is 3.90. The number of benzene rings is 3. The van der Waals surface area contributed by atoms with E-state index in [1.54, 1.807) is 42.5 Å². The zero-order valence-corrected chi connectivity index (χ0v) is 17.5. The van der Waals surface area contributed by atoms with Crippen LogP contribution in [0, 0.1) is 5.82 Å². The van der Waals surface area contributed by atoms with E-state index in [1.807, 2.05) is 0 Å². The molecule has 30 heavy (non-hydrogen) atoms. The van der Waals surface area contributed by atoms with Crippen LogP contribution in [0.3, 0.4) is 0 Å². The van der Waals surface area contributed by atoms with E-state index < -0.39 is 25.9 Å². The Morgan fingerprint density at radius 3 is 2.23 bits per heavy atom. The molecule has 3 aromatic rings. The highest BCUT2D eigenvalue weighted by atomic mass is 32.2. The van der Waals surface area contributed by atoms with Crippen LogP contribution < -0.4 is 9.03 Å². The van der Waals surface area contributed by atoms with Crippen molar-refractivity contribution in [2.24, 2.45) is 0 Å². The summed E-state index contributed by atoms with van der Waals surface area (Å²) in [5, 5.41) is 0. The van der Waals surface area contributed by atoms with Gasteiger partial charge in [0.25, 0.3) is 20.0 Å². The molecule has 1 N–H and O–H groups in total. The van der Waals surface area contributed by atoms with Crippen LogP contribution in [0.15, 0.2) is 82.6 Å². The van der Waals surface area contributed by atoms with E-state index in [4.69, 9.17) is 0 Å². The van der Waals surface area contributed by atoms with Crippen LogP contribution in [0.4, 0.5) is 15.8 Å². The van der Waals surface area contributed by atoms with Gasteiger partial charge in [-0.1, -0.05) is 18.2 Å². The van der Waals surface area contributed by atoms with Gasteiger partial charge in [0.15, 0.2) is 0 Å². The maximum absolute atomic E-state index is 13.1. The van der Waals surface area contributed by atoms with Gasteiger partial charge < -0.3 is 0 Å². The summed E-state index contributed by atoms with van der Waals surface area (Å²) in [7, 11) is -7.60. The van der Waals surface area contributed by atoms with Crippen LogP contribution >= 0.6 is 0 Å². The molecule has 0 saturated heterocycles. The van der Waals surface area contributed by atoms with Gasteiger partial charge in [0.2, 0.25) is 0 Å². The van der Waals surface area contributed by atoms with Crippen LogP contribution in [0.25, 0.3) is 0 Å². The Kier molecular flexibility index (Phi) is 5.25. The molecule has 0 spiro atoms. The van der Waals surface area contributed by atoms with Gasteiger partial charge in [-0.15, -0.1) is 0 Å². The Morgan fingerprint density at radius 1 is 0.833 bits per heavy atom. The summed E-state index contributed by atoms with van der Waals surface area (Å²) >= 11 is 0. The molecule has 0 amide bonds. The topological polar surface area (TPSA) is 83.6 Å². The molecule has 0 radical (unpaired) electrons. The molecule has 0 aliphatic carbocycles. The average molecular weight is 447 g/mol. The van der Waals surface area contributed by atoms with Crippen molar-refractivity contribution in [2.45, 2.75) is 22.6 Å². The van der Waals surface area contributed by atoms with E-state index in [1.165, 1.54) is 22.5 Å². The second kappa shape index (κ2) is 7.73. The third-order valence-electron chi connectivity index (χ3n) is 4.86. The lowest BCUT2D eigenvalue weighted by Gasteiger charge is -2.31. The number of anilines is 2. The van der Waals surface area contributed by atoms with Crippen molar-refractivity contribution in [2.75, 3.05) is 15.6 Å². The van der Waals surface area contributed by atoms with Crippen molar-refractivity contribution in [1.29, 1.82) is 0 Å². The lowest BCUT2D eigenvalue weighted by atomic mass is 10.0. The summed E-state index contributed by atoms with van der Waals surface area (Å²) in [4.78, 5) is 0.147. The second-order valence-electron chi connectivity index (χ2n) is 6.90. The van der Waals surface area contributed by atoms with Crippen molar-refractivity contribution in [3.8, 4) is 0 Å². The van der Waals surface area contributed by atoms with Gasteiger partial charge in [-0.05, 0) is 73.0 Å². The fourth-order valence-electron chi connectivity index (χ4n) is 3.42. The van der Waals surface area contributed by atoms with Crippen molar-refractivity contribution in [3.05, 3.63) is 84.2 Å². The van der Waals surface area contributed by atoms with E-state index in [9.17, 15) is 21.2 Å². The molecule has 3 aromatic carbocycles. The molecular weight excluding hydrogens is 427 g/mol. The summed E-state index contributed by atoms with van der Waals surface area (Å²) in [6, 6.07) is 17.5. The summed E-state index contributed by atoms with van der Waals surface area (Å²) in [6.45, 7) is 0.352. The third-order valence-corrected chi connectivity index (χ3v) is 8.09. The Bertz CT molecular complexity index is 1280. The molecule has 4 rings (SSSR count). The Balaban J connectivity index is 1.65. The number of nitrogens with zero attached hydrogens (tertiary/aromatic N) is 1. The molecule has 1 aliphatic rings. The van der Waals surface area contributed by atoms with Gasteiger partial charge in [-0.3, -0.25) is 9.03 Å². The molecule has 0 atom stereocenters. The normalized spacial score (nSPS) is 14.2. The summed E-state index contributed by atoms with van der Waals surface area (Å²) in [5.74, 6) is -0.526. The van der Waals surface area contributed by atoms with Crippen molar-refractivity contribution in [3.63, 3.8) is 0 Å². The van der Waals surface area contributed by atoms with E-state index >= 15 is 0 Å². The van der Waals surface area contributed by atoms with Crippen molar-refractivity contribution >= 4 is 31.4 Å². The Labute approximate surface area is 175 Å². The minimum Gasteiger partial charge on any atom is -0.280 e. The first-order valence-electron chi connectivity index (χ1n) is 9.26. The number of hydrogen-bond acceptors (Lipinski definition) is 4. The zero-order chi connectivity index (χ0) is 21.4. The maximum atomic E-state index is 13.1. The largest absolute Gasteiger partial charge is 0.280 e. The molecule has 156 valence electrons. The molecule has 0 aromatic heterocycles. The lowest BCUT2D eigenvalue weighted by Crippen LogP contribution is -2.35. The van der Waals surface area contributed by atoms with E-state index in [2.05, 4.69) is 4.72 Å². The number of rotatable bonds is 5. The van der Waals surface area contributed by atoms with Gasteiger partial charge in [-0.25, -0.2) is 21.2 Å². The van der Waals surface area contributed by atoms with Crippen LogP contribution in [0.1, 0.15) is 12.0 Å². The van der Waals surface area contributed by atoms with Gasteiger partial charge in [0.1, 0.15) is 5.82 Å². The molecule has 9 heteroatoms. The number of sulfonamides is 2. The summed E-state index contributed by atoms with van der Waals surface area (Å²) < 4.78 is 68.1. The second-order valence-corrected chi connectivity index (χ2v) is 10.4. The lowest BCUT2D eigenvalue weighted by molar-refractivity contribution is 0.586. The monoisotopic (exact) mass is 446 g/mol. The molecule has 1 aliphatic heterocycles. The predicted octanol–water partition coefficient (Wildman–Crippen LogP) is 3.77. The van der Waals surface area contributed by atoms with Crippen LogP contribution in [0.2, 0.25) is 0 Å². The van der Waals surface area contributed by atoms with Gasteiger partial charge >= 0.3 is 0 Å². The zero-order valence-electron chi connectivity index (χ0n) is 15.8. The highest BCUT2D eigenvalue weighted by Crippen LogP contribution is 2.34. The molecule has 1 heterocycles.